The summed E-state index contributed by atoms with van der Waals surface area (Å²) in [7, 11) is -0.278. The largest absolute Gasteiger partial charge is 0.497 e. The van der Waals surface area contributed by atoms with Crippen molar-refractivity contribution in [1.82, 2.24) is 0 Å². The van der Waals surface area contributed by atoms with E-state index in [1.54, 1.807) is 13.2 Å². The van der Waals surface area contributed by atoms with E-state index in [1.807, 2.05) is 38.1 Å². The first-order valence-corrected chi connectivity index (χ1v) is 13.6. The molecule has 30 heavy (non-hydrogen) atoms. The summed E-state index contributed by atoms with van der Waals surface area (Å²) in [5.74, 6) is 0.544. The maximum atomic E-state index is 11.8. The van der Waals surface area contributed by atoms with Crippen molar-refractivity contribution in [2.45, 2.75) is 78.3 Å². The highest BCUT2D eigenvalue weighted by Crippen LogP contribution is 2.38. The van der Waals surface area contributed by atoms with Gasteiger partial charge in [0.1, 0.15) is 5.75 Å². The zero-order chi connectivity index (χ0) is 22.8. The normalized spacial score (nSPS) is 13.8. The van der Waals surface area contributed by atoms with Crippen molar-refractivity contribution in [1.29, 1.82) is 0 Å². The Balaban J connectivity index is 2.70. The van der Waals surface area contributed by atoms with E-state index < -0.39 is 8.32 Å². The van der Waals surface area contributed by atoms with Crippen LogP contribution < -0.4 is 4.74 Å². The number of ether oxygens (including phenoxy) is 3. The van der Waals surface area contributed by atoms with Crippen molar-refractivity contribution in [3.8, 4) is 5.75 Å². The number of carbonyl (C=O) groups excluding carboxylic acids is 1. The van der Waals surface area contributed by atoms with E-state index in [0.29, 0.717) is 26.2 Å². The Labute approximate surface area is 183 Å². The molecule has 1 aromatic rings. The van der Waals surface area contributed by atoms with Gasteiger partial charge in [-0.05, 0) is 62.5 Å². The monoisotopic (exact) mass is 436 g/mol. The molecule has 0 bridgehead atoms. The lowest BCUT2D eigenvalue weighted by molar-refractivity contribution is -0.137. The fourth-order valence-electron chi connectivity index (χ4n) is 2.73. The molecular weight excluding hydrogens is 396 g/mol. The molecule has 0 amide bonds. The molecule has 0 radical (unpaired) electrons. The average molecular weight is 437 g/mol. The molecule has 0 spiro atoms. The third-order valence-electron chi connectivity index (χ3n) is 5.48. The van der Waals surface area contributed by atoms with Gasteiger partial charge in [0.2, 0.25) is 0 Å². The Kier molecular flexibility index (Phi) is 10.8. The second-order valence-corrected chi connectivity index (χ2v) is 13.9. The third-order valence-corrected chi connectivity index (χ3v) is 10.0. The van der Waals surface area contributed by atoms with Crippen LogP contribution in [0.15, 0.2) is 35.9 Å². The Morgan fingerprint density at radius 3 is 2.33 bits per heavy atom. The summed E-state index contributed by atoms with van der Waals surface area (Å²) >= 11 is 0. The summed E-state index contributed by atoms with van der Waals surface area (Å²) in [5, 5.41) is 0.119. The van der Waals surface area contributed by atoms with Crippen molar-refractivity contribution < 1.29 is 23.4 Å². The first kappa shape index (κ1) is 26.4. The van der Waals surface area contributed by atoms with Gasteiger partial charge < -0.3 is 18.6 Å². The van der Waals surface area contributed by atoms with Crippen molar-refractivity contribution >= 4 is 14.3 Å². The number of carbonyl (C=O) groups is 1. The molecule has 0 aromatic heterocycles. The first-order chi connectivity index (χ1) is 14.0. The quantitative estimate of drug-likeness (QED) is 0.177. The number of hydrogen-bond acceptors (Lipinski definition) is 5. The van der Waals surface area contributed by atoms with E-state index in [-0.39, 0.29) is 17.1 Å². The van der Waals surface area contributed by atoms with Gasteiger partial charge in [0, 0.05) is 12.7 Å². The van der Waals surface area contributed by atoms with Crippen molar-refractivity contribution in [3.63, 3.8) is 0 Å². The molecule has 5 nitrogen and oxygen atoms in total. The van der Waals surface area contributed by atoms with Gasteiger partial charge in [0.25, 0.3) is 0 Å². The smallest absolute Gasteiger partial charge is 0.330 e. The molecule has 0 unspecified atom stereocenters. The minimum atomic E-state index is -1.94. The molecule has 0 saturated heterocycles. The lowest BCUT2D eigenvalue weighted by atomic mass is 10.1. The summed E-state index contributed by atoms with van der Waals surface area (Å²) in [5.41, 5.74) is 2.07. The van der Waals surface area contributed by atoms with Crippen LogP contribution in [-0.4, -0.2) is 40.7 Å². The van der Waals surface area contributed by atoms with Gasteiger partial charge in [-0.1, -0.05) is 38.5 Å². The number of rotatable bonds is 12. The Morgan fingerprint density at radius 1 is 1.17 bits per heavy atom. The lowest BCUT2D eigenvalue weighted by Crippen LogP contribution is -2.44. The molecule has 1 rings (SSSR count). The predicted octanol–water partition coefficient (Wildman–Crippen LogP) is 5.89. The zero-order valence-electron chi connectivity index (χ0n) is 20.0. The number of hydrogen-bond donors (Lipinski definition) is 0. The van der Waals surface area contributed by atoms with Gasteiger partial charge in [0.05, 0.1) is 26.4 Å². The van der Waals surface area contributed by atoms with Gasteiger partial charge in [-0.15, -0.1) is 0 Å². The highest BCUT2D eigenvalue weighted by Gasteiger charge is 2.39. The molecule has 0 aliphatic carbocycles. The minimum absolute atomic E-state index is 0.00688. The van der Waals surface area contributed by atoms with Crippen molar-refractivity contribution in [2.75, 3.05) is 20.3 Å². The van der Waals surface area contributed by atoms with E-state index >= 15 is 0 Å². The lowest BCUT2D eigenvalue weighted by Gasteiger charge is -2.39. The SMILES string of the molecule is CCOC(=O)/C=C(\C)C[C@H](CCOCc1ccc(OC)cc1)O[Si](C)(C)C(C)(C)C. The molecule has 6 heteroatoms. The maximum absolute atomic E-state index is 11.8. The maximum Gasteiger partial charge on any atom is 0.330 e. The van der Waals surface area contributed by atoms with Crippen LogP contribution in [0, 0.1) is 0 Å². The molecule has 170 valence electrons. The van der Waals surface area contributed by atoms with E-state index in [4.69, 9.17) is 18.6 Å². The average Bonchev–Trinajstić information content (AvgIpc) is 2.64. The molecule has 0 fully saturated rings. The van der Waals surface area contributed by atoms with Gasteiger partial charge >= 0.3 is 5.97 Å². The van der Waals surface area contributed by atoms with Gasteiger partial charge in [0.15, 0.2) is 8.32 Å². The minimum Gasteiger partial charge on any atom is -0.497 e. The van der Waals surface area contributed by atoms with Crippen LogP contribution in [0.2, 0.25) is 18.1 Å². The number of methoxy groups -OCH3 is 1. The Hall–Kier alpha value is -1.63. The molecule has 0 heterocycles. The number of benzene rings is 1. The fraction of sp³-hybridized carbons (Fsp3) is 0.625. The summed E-state index contributed by atoms with van der Waals surface area (Å²) in [6.45, 7) is 16.5. The van der Waals surface area contributed by atoms with Gasteiger partial charge in [-0.2, -0.15) is 0 Å². The van der Waals surface area contributed by atoms with Gasteiger partial charge in [-0.25, -0.2) is 4.79 Å². The predicted molar refractivity (Wildman–Crippen MR) is 124 cm³/mol. The van der Waals surface area contributed by atoms with Crippen LogP contribution in [0.5, 0.6) is 5.75 Å². The van der Waals surface area contributed by atoms with Crippen LogP contribution in [0.25, 0.3) is 0 Å². The molecule has 0 aliphatic rings. The molecule has 0 saturated carbocycles. The van der Waals surface area contributed by atoms with Crippen LogP contribution in [0.3, 0.4) is 0 Å². The summed E-state index contributed by atoms with van der Waals surface area (Å²) < 4.78 is 22.8. The molecule has 1 aromatic carbocycles. The highest BCUT2D eigenvalue weighted by atomic mass is 28.4. The topological polar surface area (TPSA) is 54.0 Å². The summed E-state index contributed by atoms with van der Waals surface area (Å²) in [4.78, 5) is 11.8. The Bertz CT molecular complexity index is 674. The van der Waals surface area contributed by atoms with Crippen LogP contribution in [0.4, 0.5) is 0 Å². The number of esters is 1. The standard InChI is InChI=1S/C24H40O5Si/c1-9-28-23(25)17-19(2)16-22(29-30(7,8)24(3,4)5)14-15-27-18-20-10-12-21(26-6)13-11-20/h10-13,17,22H,9,14-16,18H2,1-8H3/b19-17+/t22-/m0/s1. The van der Waals surface area contributed by atoms with Crippen LogP contribution in [-0.2, 0) is 25.3 Å². The highest BCUT2D eigenvalue weighted by molar-refractivity contribution is 6.74. The van der Waals surface area contributed by atoms with Gasteiger partial charge in [-0.3, -0.25) is 0 Å². The zero-order valence-corrected chi connectivity index (χ0v) is 21.0. The molecule has 0 aliphatic heterocycles. The molecule has 1 atom stereocenters. The van der Waals surface area contributed by atoms with E-state index in [1.165, 1.54) is 0 Å². The third kappa shape index (κ3) is 9.45. The first-order valence-electron chi connectivity index (χ1n) is 10.7. The van der Waals surface area contributed by atoms with E-state index in [2.05, 4.69) is 33.9 Å². The molecular formula is C24H40O5Si. The van der Waals surface area contributed by atoms with Crippen LogP contribution >= 0.6 is 0 Å². The summed E-state index contributed by atoms with van der Waals surface area (Å²) in [6.07, 6.45) is 3.05. The van der Waals surface area contributed by atoms with E-state index in [0.717, 1.165) is 23.3 Å². The second-order valence-electron chi connectivity index (χ2n) is 9.14. The molecule has 0 N–H and O–H groups in total. The summed E-state index contributed by atoms with van der Waals surface area (Å²) in [6, 6.07) is 7.89. The Morgan fingerprint density at radius 2 is 1.80 bits per heavy atom. The van der Waals surface area contributed by atoms with Crippen LogP contribution in [0.1, 0.15) is 53.0 Å². The van der Waals surface area contributed by atoms with Crippen molar-refractivity contribution in [2.24, 2.45) is 0 Å². The fourth-order valence-corrected chi connectivity index (χ4v) is 4.11. The second kappa shape index (κ2) is 12.3. The van der Waals surface area contributed by atoms with E-state index in [9.17, 15) is 4.79 Å². The van der Waals surface area contributed by atoms with Crippen molar-refractivity contribution in [3.05, 3.63) is 41.5 Å².